The number of rotatable bonds is 1. The summed E-state index contributed by atoms with van der Waals surface area (Å²) in [6.45, 7) is 4.48. The first-order valence-electron chi connectivity index (χ1n) is 4.75. The summed E-state index contributed by atoms with van der Waals surface area (Å²) >= 11 is 0. The Kier molecular flexibility index (Phi) is 2.79. The Morgan fingerprint density at radius 3 is 2.25 bits per heavy atom. The summed E-state index contributed by atoms with van der Waals surface area (Å²) in [5.41, 5.74) is 0.312. The molecule has 2 heteroatoms. The molecule has 2 unspecified atom stereocenters. The van der Waals surface area contributed by atoms with Crippen LogP contribution < -0.4 is 0 Å². The second kappa shape index (κ2) is 3.35. The predicted octanol–water partition coefficient (Wildman–Crippen LogP) is 1.49. The maximum absolute atomic E-state index is 9.64. The fourth-order valence-corrected chi connectivity index (χ4v) is 2.23. The lowest BCUT2D eigenvalue weighted by molar-refractivity contribution is 0.0202. The van der Waals surface area contributed by atoms with Crippen molar-refractivity contribution in [1.82, 2.24) is 4.90 Å². The summed E-state index contributed by atoms with van der Waals surface area (Å²) in [5, 5.41) is 9.64. The van der Waals surface area contributed by atoms with Crippen LogP contribution in [-0.4, -0.2) is 36.2 Å². The fourth-order valence-electron chi connectivity index (χ4n) is 2.23. The van der Waals surface area contributed by atoms with E-state index in [1.807, 2.05) is 0 Å². The highest BCUT2D eigenvalue weighted by Crippen LogP contribution is 2.36. The molecule has 0 saturated heterocycles. The Labute approximate surface area is 75.6 Å². The van der Waals surface area contributed by atoms with Crippen LogP contribution in [0.4, 0.5) is 0 Å². The van der Waals surface area contributed by atoms with Gasteiger partial charge in [-0.15, -0.1) is 0 Å². The van der Waals surface area contributed by atoms with Crippen molar-refractivity contribution in [3.05, 3.63) is 0 Å². The number of hydrogen-bond donors (Lipinski definition) is 1. The van der Waals surface area contributed by atoms with Gasteiger partial charge in [0.05, 0.1) is 6.10 Å². The van der Waals surface area contributed by atoms with E-state index in [0.29, 0.717) is 11.5 Å². The van der Waals surface area contributed by atoms with Gasteiger partial charge in [0, 0.05) is 6.04 Å². The van der Waals surface area contributed by atoms with Gasteiger partial charge in [-0.1, -0.05) is 13.8 Å². The molecule has 1 saturated carbocycles. The molecule has 0 amide bonds. The van der Waals surface area contributed by atoms with E-state index >= 15 is 0 Å². The molecule has 12 heavy (non-hydrogen) atoms. The highest BCUT2D eigenvalue weighted by molar-refractivity contribution is 4.87. The highest BCUT2D eigenvalue weighted by atomic mass is 16.3. The molecule has 1 fully saturated rings. The van der Waals surface area contributed by atoms with Gasteiger partial charge in [-0.3, -0.25) is 0 Å². The maximum Gasteiger partial charge on any atom is 0.0560 e. The molecule has 0 aromatic heterocycles. The molecule has 2 nitrogen and oxygen atoms in total. The van der Waals surface area contributed by atoms with E-state index in [9.17, 15) is 5.11 Å². The molecule has 0 bridgehead atoms. The Morgan fingerprint density at radius 1 is 1.25 bits per heavy atom. The third-order valence-corrected chi connectivity index (χ3v) is 2.85. The van der Waals surface area contributed by atoms with Gasteiger partial charge in [-0.05, 0) is 38.8 Å². The minimum absolute atomic E-state index is 0.0962. The van der Waals surface area contributed by atoms with Gasteiger partial charge in [-0.2, -0.15) is 0 Å². The zero-order valence-corrected chi connectivity index (χ0v) is 8.67. The lowest BCUT2D eigenvalue weighted by atomic mass is 9.73. The summed E-state index contributed by atoms with van der Waals surface area (Å²) in [5.74, 6) is 0. The summed E-state index contributed by atoms with van der Waals surface area (Å²) in [6.07, 6.45) is 3.01. The van der Waals surface area contributed by atoms with Gasteiger partial charge in [-0.25, -0.2) is 0 Å². The zero-order valence-electron chi connectivity index (χ0n) is 8.67. The summed E-state index contributed by atoms with van der Waals surface area (Å²) in [4.78, 5) is 2.23. The molecule has 2 atom stereocenters. The molecule has 1 aliphatic carbocycles. The SMILES string of the molecule is CN(C)C1CC(O)CC(C)(C)C1. The Hall–Kier alpha value is -0.0800. The van der Waals surface area contributed by atoms with Crippen molar-refractivity contribution in [1.29, 1.82) is 0 Å². The normalized spacial score (nSPS) is 35.5. The molecule has 0 radical (unpaired) electrons. The molecule has 1 N–H and O–H groups in total. The van der Waals surface area contributed by atoms with Crippen molar-refractivity contribution in [2.24, 2.45) is 5.41 Å². The van der Waals surface area contributed by atoms with E-state index in [-0.39, 0.29) is 6.10 Å². The summed E-state index contributed by atoms with van der Waals surface area (Å²) in [7, 11) is 4.19. The Bertz CT molecular complexity index is 154. The molecule has 0 aromatic rings. The molecular weight excluding hydrogens is 150 g/mol. The number of hydrogen-bond acceptors (Lipinski definition) is 2. The van der Waals surface area contributed by atoms with Crippen LogP contribution >= 0.6 is 0 Å². The molecule has 0 aliphatic heterocycles. The predicted molar refractivity (Wildman–Crippen MR) is 51.1 cm³/mol. The topological polar surface area (TPSA) is 23.5 Å². The lowest BCUT2D eigenvalue weighted by Gasteiger charge is -2.40. The second-order valence-electron chi connectivity index (χ2n) is 5.08. The van der Waals surface area contributed by atoms with Crippen molar-refractivity contribution in [3.8, 4) is 0 Å². The van der Waals surface area contributed by atoms with Crippen LogP contribution in [0.3, 0.4) is 0 Å². The molecule has 0 aromatic carbocycles. The molecule has 1 aliphatic rings. The van der Waals surface area contributed by atoms with Crippen LogP contribution in [0.15, 0.2) is 0 Å². The third kappa shape index (κ3) is 2.46. The highest BCUT2D eigenvalue weighted by Gasteiger charge is 2.33. The second-order valence-corrected chi connectivity index (χ2v) is 5.08. The van der Waals surface area contributed by atoms with Gasteiger partial charge < -0.3 is 10.0 Å². The van der Waals surface area contributed by atoms with Gasteiger partial charge in [0.1, 0.15) is 0 Å². The van der Waals surface area contributed by atoms with Gasteiger partial charge in [0.15, 0.2) is 0 Å². The van der Waals surface area contributed by atoms with Crippen LogP contribution in [0.25, 0.3) is 0 Å². The molecule has 0 spiro atoms. The minimum Gasteiger partial charge on any atom is -0.393 e. The van der Waals surface area contributed by atoms with Crippen molar-refractivity contribution in [2.45, 2.75) is 45.3 Å². The van der Waals surface area contributed by atoms with Crippen LogP contribution in [-0.2, 0) is 0 Å². The van der Waals surface area contributed by atoms with Gasteiger partial charge in [0.2, 0.25) is 0 Å². The zero-order chi connectivity index (χ0) is 9.35. The number of nitrogens with zero attached hydrogens (tertiary/aromatic N) is 1. The standard InChI is InChI=1S/C10H21NO/c1-10(2)6-8(11(3)4)5-9(12)7-10/h8-9,12H,5-7H2,1-4H3. The van der Waals surface area contributed by atoms with E-state index in [1.54, 1.807) is 0 Å². The molecule has 72 valence electrons. The first-order chi connectivity index (χ1) is 5.41. The van der Waals surface area contributed by atoms with Crippen LogP contribution in [0.2, 0.25) is 0 Å². The maximum atomic E-state index is 9.64. The Balaban J connectivity index is 2.58. The fraction of sp³-hybridized carbons (Fsp3) is 1.00. The summed E-state index contributed by atoms with van der Waals surface area (Å²) in [6, 6.07) is 0.559. The van der Waals surface area contributed by atoms with Crippen LogP contribution in [0.1, 0.15) is 33.1 Å². The average Bonchev–Trinajstić information content (AvgIpc) is 1.82. The molecule has 1 rings (SSSR count). The van der Waals surface area contributed by atoms with Crippen molar-refractivity contribution in [2.75, 3.05) is 14.1 Å². The van der Waals surface area contributed by atoms with Crippen molar-refractivity contribution in [3.63, 3.8) is 0 Å². The van der Waals surface area contributed by atoms with Crippen molar-refractivity contribution < 1.29 is 5.11 Å². The first kappa shape index (κ1) is 10.0. The van der Waals surface area contributed by atoms with E-state index < -0.39 is 0 Å². The average molecular weight is 171 g/mol. The molecular formula is C10H21NO. The third-order valence-electron chi connectivity index (χ3n) is 2.85. The van der Waals surface area contributed by atoms with E-state index in [0.717, 1.165) is 12.8 Å². The Morgan fingerprint density at radius 2 is 1.83 bits per heavy atom. The monoisotopic (exact) mass is 171 g/mol. The largest absolute Gasteiger partial charge is 0.393 e. The van der Waals surface area contributed by atoms with Gasteiger partial charge >= 0.3 is 0 Å². The van der Waals surface area contributed by atoms with E-state index in [1.165, 1.54) is 6.42 Å². The summed E-state index contributed by atoms with van der Waals surface area (Å²) < 4.78 is 0. The van der Waals surface area contributed by atoms with Crippen LogP contribution in [0.5, 0.6) is 0 Å². The number of aliphatic hydroxyl groups excluding tert-OH is 1. The molecule has 0 heterocycles. The quantitative estimate of drug-likeness (QED) is 0.646. The first-order valence-corrected chi connectivity index (χ1v) is 4.75. The van der Waals surface area contributed by atoms with Gasteiger partial charge in [0.25, 0.3) is 0 Å². The van der Waals surface area contributed by atoms with E-state index in [4.69, 9.17) is 0 Å². The van der Waals surface area contributed by atoms with Crippen LogP contribution in [0, 0.1) is 5.41 Å². The smallest absolute Gasteiger partial charge is 0.0560 e. The minimum atomic E-state index is -0.0962. The lowest BCUT2D eigenvalue weighted by Crippen LogP contribution is -2.42. The van der Waals surface area contributed by atoms with E-state index in [2.05, 4.69) is 32.8 Å². The number of aliphatic hydroxyl groups is 1. The van der Waals surface area contributed by atoms with Crippen molar-refractivity contribution >= 4 is 0 Å².